The van der Waals surface area contributed by atoms with Crippen LogP contribution in [0.1, 0.15) is 239 Å². The average molecular weight is 773 g/mol. The minimum absolute atomic E-state index is 0.211. The summed E-state index contributed by atoms with van der Waals surface area (Å²) < 4.78 is 26.4. The molecule has 0 aliphatic rings. The summed E-state index contributed by atoms with van der Waals surface area (Å²) in [6.45, 7) is 3.71. The summed E-state index contributed by atoms with van der Waals surface area (Å²) in [4.78, 5) is 42.9. The molecule has 0 rings (SSSR count). The van der Waals surface area contributed by atoms with Crippen molar-refractivity contribution in [1.82, 2.24) is 0 Å². The molecule has 8 nitrogen and oxygen atoms in total. The molecular weight excluding hydrogens is 687 g/mol. The number of carbonyl (C=O) groups excluding carboxylic acids is 2. The number of unbranched alkanes of at least 4 members (excludes halogenated alkanes) is 30. The fourth-order valence-corrected chi connectivity index (χ4v) is 7.02. The number of ether oxygens (including phenoxy) is 2. The standard InChI is InChI=1S/C44H85O8P/c1-3-5-7-9-11-13-15-17-19-21-23-24-26-28-30-32-34-36-38-43(45)50-40-42(41-51-53(47,48)49)52-44(46)39-37-35-33-31-29-27-25-22-20-18-16-14-12-10-8-6-4-2/h18,20,42H,3-17,19,21-41H2,1-2H3,(H2,47,48,49)/b20-18+/t42-/m1/s1. The van der Waals surface area contributed by atoms with Gasteiger partial charge in [-0.05, 0) is 38.5 Å². The summed E-state index contributed by atoms with van der Waals surface area (Å²) >= 11 is 0. The van der Waals surface area contributed by atoms with Gasteiger partial charge in [0.05, 0.1) is 6.61 Å². The number of hydrogen-bond acceptors (Lipinski definition) is 6. The van der Waals surface area contributed by atoms with Gasteiger partial charge in [-0.15, -0.1) is 0 Å². The topological polar surface area (TPSA) is 119 Å². The molecule has 0 aliphatic carbocycles. The smallest absolute Gasteiger partial charge is 0.462 e. The SMILES string of the molecule is CCCCCCCC/C=C/CCCCCCCCCC(=O)O[C@H](COC(=O)CCCCCCCCCCCCCCCCCCCC)COP(=O)(O)O. The normalized spacial score (nSPS) is 12.5. The third kappa shape index (κ3) is 43.4. The largest absolute Gasteiger partial charge is 0.469 e. The van der Waals surface area contributed by atoms with Gasteiger partial charge in [-0.1, -0.05) is 199 Å². The predicted molar refractivity (Wildman–Crippen MR) is 221 cm³/mol. The minimum atomic E-state index is -4.75. The molecule has 53 heavy (non-hydrogen) atoms. The van der Waals surface area contributed by atoms with Gasteiger partial charge in [-0.2, -0.15) is 0 Å². The third-order valence-corrected chi connectivity index (χ3v) is 10.5. The van der Waals surface area contributed by atoms with Crippen LogP contribution in [0.15, 0.2) is 12.2 Å². The molecule has 0 unspecified atom stereocenters. The van der Waals surface area contributed by atoms with E-state index in [0.717, 1.165) is 44.9 Å². The molecule has 0 fully saturated rings. The summed E-state index contributed by atoms with van der Waals surface area (Å²) in [6.07, 6.45) is 45.0. The number of rotatable bonds is 42. The predicted octanol–water partition coefficient (Wildman–Crippen LogP) is 13.8. The zero-order valence-corrected chi connectivity index (χ0v) is 35.6. The Morgan fingerprint density at radius 1 is 0.472 bits per heavy atom. The molecule has 0 aromatic carbocycles. The van der Waals surface area contributed by atoms with Crippen LogP contribution < -0.4 is 0 Å². The van der Waals surface area contributed by atoms with E-state index in [2.05, 4.69) is 30.5 Å². The minimum Gasteiger partial charge on any atom is -0.462 e. The van der Waals surface area contributed by atoms with E-state index < -0.39 is 32.5 Å². The third-order valence-electron chi connectivity index (χ3n) is 10.0. The molecule has 0 amide bonds. The van der Waals surface area contributed by atoms with Gasteiger partial charge in [0, 0.05) is 12.8 Å². The average Bonchev–Trinajstić information content (AvgIpc) is 3.13. The first kappa shape index (κ1) is 51.8. The van der Waals surface area contributed by atoms with Gasteiger partial charge >= 0.3 is 19.8 Å². The zero-order chi connectivity index (χ0) is 38.9. The van der Waals surface area contributed by atoms with Crippen LogP contribution in [-0.4, -0.2) is 41.0 Å². The van der Waals surface area contributed by atoms with Gasteiger partial charge < -0.3 is 19.3 Å². The van der Waals surface area contributed by atoms with E-state index in [1.807, 2.05) is 0 Å². The Kier molecular flexibility index (Phi) is 39.5. The molecule has 0 saturated carbocycles. The van der Waals surface area contributed by atoms with Crippen LogP contribution in [0.25, 0.3) is 0 Å². The fourth-order valence-electron chi connectivity index (χ4n) is 6.66. The highest BCUT2D eigenvalue weighted by Gasteiger charge is 2.23. The van der Waals surface area contributed by atoms with Crippen molar-refractivity contribution in [3.05, 3.63) is 12.2 Å². The van der Waals surface area contributed by atoms with Crippen molar-refractivity contribution in [2.75, 3.05) is 13.2 Å². The van der Waals surface area contributed by atoms with Crippen molar-refractivity contribution in [3.63, 3.8) is 0 Å². The first-order chi connectivity index (χ1) is 25.8. The Bertz CT molecular complexity index is 873. The van der Waals surface area contributed by atoms with Crippen molar-refractivity contribution >= 4 is 19.8 Å². The molecule has 0 aliphatic heterocycles. The Morgan fingerprint density at radius 3 is 1.15 bits per heavy atom. The first-order valence-corrected chi connectivity index (χ1v) is 24.0. The van der Waals surface area contributed by atoms with E-state index in [-0.39, 0.29) is 19.4 Å². The molecule has 1 atom stereocenters. The summed E-state index contributed by atoms with van der Waals surface area (Å²) in [5.41, 5.74) is 0. The van der Waals surface area contributed by atoms with E-state index in [1.54, 1.807) is 0 Å². The Balaban J connectivity index is 3.85. The monoisotopic (exact) mass is 773 g/mol. The summed E-state index contributed by atoms with van der Waals surface area (Å²) in [5, 5.41) is 0. The van der Waals surface area contributed by atoms with Crippen LogP contribution in [0.2, 0.25) is 0 Å². The maximum Gasteiger partial charge on any atom is 0.469 e. The van der Waals surface area contributed by atoms with Crippen LogP contribution in [0, 0.1) is 0 Å². The number of allylic oxidation sites excluding steroid dienone is 2. The summed E-state index contributed by atoms with van der Waals surface area (Å²) in [6, 6.07) is 0. The Morgan fingerprint density at radius 2 is 0.792 bits per heavy atom. The lowest BCUT2D eigenvalue weighted by atomic mass is 10.0. The lowest BCUT2D eigenvalue weighted by Crippen LogP contribution is -2.29. The quantitative estimate of drug-likeness (QED) is 0.0272. The lowest BCUT2D eigenvalue weighted by molar-refractivity contribution is -0.161. The molecule has 0 saturated heterocycles. The maximum absolute atomic E-state index is 12.4. The number of phosphoric acid groups is 1. The summed E-state index contributed by atoms with van der Waals surface area (Å²) in [7, 11) is -4.75. The van der Waals surface area contributed by atoms with Gasteiger partial charge in [0.2, 0.25) is 0 Å². The van der Waals surface area contributed by atoms with E-state index in [1.165, 1.54) is 161 Å². The highest BCUT2D eigenvalue weighted by Crippen LogP contribution is 2.36. The molecule has 0 aromatic heterocycles. The highest BCUT2D eigenvalue weighted by atomic mass is 31.2. The van der Waals surface area contributed by atoms with Gasteiger partial charge in [-0.25, -0.2) is 4.57 Å². The number of hydrogen-bond donors (Lipinski definition) is 2. The maximum atomic E-state index is 12.4. The van der Waals surface area contributed by atoms with Gasteiger partial charge in [0.25, 0.3) is 0 Å². The van der Waals surface area contributed by atoms with E-state index in [0.29, 0.717) is 6.42 Å². The summed E-state index contributed by atoms with van der Waals surface area (Å²) in [5.74, 6) is -0.875. The highest BCUT2D eigenvalue weighted by molar-refractivity contribution is 7.46. The second kappa shape index (κ2) is 40.5. The molecular formula is C44H85O8P. The van der Waals surface area contributed by atoms with Crippen LogP contribution in [0.3, 0.4) is 0 Å². The number of carbonyl (C=O) groups is 2. The second-order valence-electron chi connectivity index (χ2n) is 15.4. The Hall–Kier alpha value is -1.21. The second-order valence-corrected chi connectivity index (χ2v) is 16.6. The molecule has 2 N–H and O–H groups in total. The molecule has 0 spiro atoms. The van der Waals surface area contributed by atoms with E-state index >= 15 is 0 Å². The molecule has 9 heteroatoms. The fraction of sp³-hybridized carbons (Fsp3) is 0.909. The van der Waals surface area contributed by atoms with Crippen LogP contribution in [0.5, 0.6) is 0 Å². The van der Waals surface area contributed by atoms with E-state index in [9.17, 15) is 14.2 Å². The van der Waals surface area contributed by atoms with Crippen LogP contribution >= 0.6 is 7.82 Å². The lowest BCUT2D eigenvalue weighted by Gasteiger charge is -2.18. The molecule has 0 bridgehead atoms. The van der Waals surface area contributed by atoms with Crippen LogP contribution in [0.4, 0.5) is 0 Å². The Labute approximate surface area is 327 Å². The van der Waals surface area contributed by atoms with Crippen molar-refractivity contribution in [1.29, 1.82) is 0 Å². The number of phosphoric ester groups is 1. The van der Waals surface area contributed by atoms with Crippen molar-refractivity contribution in [3.8, 4) is 0 Å². The van der Waals surface area contributed by atoms with Gasteiger partial charge in [-0.3, -0.25) is 14.1 Å². The molecule has 0 radical (unpaired) electrons. The zero-order valence-electron chi connectivity index (χ0n) is 34.7. The number of esters is 2. The van der Waals surface area contributed by atoms with Gasteiger partial charge in [0.15, 0.2) is 6.10 Å². The first-order valence-electron chi connectivity index (χ1n) is 22.5. The van der Waals surface area contributed by atoms with Gasteiger partial charge in [0.1, 0.15) is 6.61 Å². The van der Waals surface area contributed by atoms with E-state index in [4.69, 9.17) is 19.3 Å². The van der Waals surface area contributed by atoms with Crippen molar-refractivity contribution in [2.45, 2.75) is 245 Å². The van der Waals surface area contributed by atoms with Crippen molar-refractivity contribution in [2.24, 2.45) is 0 Å². The molecule has 0 aromatic rings. The molecule has 314 valence electrons. The molecule has 0 heterocycles. The van der Waals surface area contributed by atoms with Crippen LogP contribution in [-0.2, 0) is 28.2 Å². The van der Waals surface area contributed by atoms with Crippen molar-refractivity contribution < 1.29 is 37.9 Å².